The van der Waals surface area contributed by atoms with Crippen molar-refractivity contribution in [2.75, 3.05) is 5.33 Å². The van der Waals surface area contributed by atoms with Gasteiger partial charge in [0, 0.05) is 11.4 Å². The van der Waals surface area contributed by atoms with Crippen molar-refractivity contribution < 1.29 is 4.79 Å². The molecule has 0 spiro atoms. The first-order valence-corrected chi connectivity index (χ1v) is 8.44. The van der Waals surface area contributed by atoms with Gasteiger partial charge in [0.2, 0.25) is 5.91 Å². The van der Waals surface area contributed by atoms with Crippen LogP contribution in [0.2, 0.25) is 0 Å². The van der Waals surface area contributed by atoms with E-state index < -0.39 is 0 Å². The Morgan fingerprint density at radius 2 is 1.94 bits per heavy atom. The number of hydrogen-bond donors (Lipinski definition) is 1. The number of nitrogens with one attached hydrogen (secondary N) is 1. The fraction of sp³-hybridized carbons (Fsp3) is 0.933. The standard InChI is InChI=1S/C15H24BrNO/c1-10(8-16)17-13(18)15-6-11-3-12(7-15)5-14(2,4-11)9-15/h10-12H,3-9H2,1-2H3,(H,17,18). The molecule has 0 aromatic heterocycles. The van der Waals surface area contributed by atoms with Gasteiger partial charge in [0.15, 0.2) is 0 Å². The molecule has 1 N–H and O–H groups in total. The summed E-state index contributed by atoms with van der Waals surface area (Å²) in [5.74, 6) is 1.98. The maximum Gasteiger partial charge on any atom is 0.226 e. The Balaban J connectivity index is 1.80. The highest BCUT2D eigenvalue weighted by atomic mass is 79.9. The molecule has 4 saturated carbocycles. The third-order valence-electron chi connectivity index (χ3n) is 5.44. The molecule has 0 heterocycles. The number of rotatable bonds is 3. The van der Waals surface area contributed by atoms with E-state index in [1.54, 1.807) is 0 Å². The van der Waals surface area contributed by atoms with Crippen LogP contribution in [0.1, 0.15) is 52.4 Å². The summed E-state index contributed by atoms with van der Waals surface area (Å²) < 4.78 is 0. The van der Waals surface area contributed by atoms with E-state index in [9.17, 15) is 4.79 Å². The van der Waals surface area contributed by atoms with Crippen molar-refractivity contribution in [3.8, 4) is 0 Å². The van der Waals surface area contributed by atoms with E-state index in [0.717, 1.165) is 36.4 Å². The van der Waals surface area contributed by atoms with Gasteiger partial charge in [-0.25, -0.2) is 0 Å². The first kappa shape index (κ1) is 13.0. The van der Waals surface area contributed by atoms with E-state index >= 15 is 0 Å². The third kappa shape index (κ3) is 2.03. The first-order chi connectivity index (χ1) is 8.45. The lowest BCUT2D eigenvalue weighted by atomic mass is 9.44. The van der Waals surface area contributed by atoms with Gasteiger partial charge >= 0.3 is 0 Å². The van der Waals surface area contributed by atoms with Crippen LogP contribution in [-0.2, 0) is 4.79 Å². The molecule has 102 valence electrons. The number of amides is 1. The average Bonchev–Trinajstić information content (AvgIpc) is 2.25. The summed E-state index contributed by atoms with van der Waals surface area (Å²) in [6, 6.07) is 0.248. The van der Waals surface area contributed by atoms with Crippen LogP contribution < -0.4 is 5.32 Å². The third-order valence-corrected chi connectivity index (χ3v) is 6.42. The molecule has 4 aliphatic rings. The zero-order valence-corrected chi connectivity index (χ0v) is 13.1. The number of halogens is 1. The second-order valence-electron chi connectivity index (χ2n) is 7.58. The van der Waals surface area contributed by atoms with Gasteiger partial charge in [-0.1, -0.05) is 22.9 Å². The quantitative estimate of drug-likeness (QED) is 0.794. The molecule has 3 unspecified atom stereocenters. The summed E-state index contributed by atoms with van der Waals surface area (Å²) in [4.78, 5) is 12.7. The number of carbonyl (C=O) groups excluding carboxylic acids is 1. The second kappa shape index (κ2) is 4.22. The van der Waals surface area contributed by atoms with E-state index in [0.29, 0.717) is 11.3 Å². The molecular weight excluding hydrogens is 290 g/mol. The number of carbonyl (C=O) groups is 1. The van der Waals surface area contributed by atoms with E-state index in [1.165, 1.54) is 19.3 Å². The molecule has 4 rings (SSSR count). The molecule has 1 amide bonds. The van der Waals surface area contributed by atoms with Crippen molar-refractivity contribution in [3.05, 3.63) is 0 Å². The molecule has 3 atom stereocenters. The Kier molecular flexibility index (Phi) is 3.04. The second-order valence-corrected chi connectivity index (χ2v) is 8.23. The minimum Gasteiger partial charge on any atom is -0.352 e. The van der Waals surface area contributed by atoms with Gasteiger partial charge in [-0.15, -0.1) is 0 Å². The summed E-state index contributed by atoms with van der Waals surface area (Å²) in [6.45, 7) is 4.50. The molecular formula is C15H24BrNO. The maximum absolute atomic E-state index is 12.7. The highest BCUT2D eigenvalue weighted by Crippen LogP contribution is 2.65. The van der Waals surface area contributed by atoms with Gasteiger partial charge < -0.3 is 5.32 Å². The lowest BCUT2D eigenvalue weighted by Gasteiger charge is -2.60. The minimum atomic E-state index is -0.0186. The van der Waals surface area contributed by atoms with Crippen LogP contribution in [0, 0.1) is 22.7 Å². The van der Waals surface area contributed by atoms with Crippen LogP contribution in [0.3, 0.4) is 0 Å². The van der Waals surface area contributed by atoms with Crippen molar-refractivity contribution >= 4 is 21.8 Å². The van der Waals surface area contributed by atoms with Crippen molar-refractivity contribution in [2.45, 2.75) is 58.4 Å². The fourth-order valence-electron chi connectivity index (χ4n) is 5.40. The number of alkyl halides is 1. The van der Waals surface area contributed by atoms with Gasteiger partial charge in [0.25, 0.3) is 0 Å². The van der Waals surface area contributed by atoms with Crippen LogP contribution >= 0.6 is 15.9 Å². The molecule has 0 aromatic carbocycles. The predicted octanol–water partition coefficient (Wildman–Crippen LogP) is 3.49. The normalized spacial score (nSPS) is 47.1. The monoisotopic (exact) mass is 313 g/mol. The van der Waals surface area contributed by atoms with Crippen molar-refractivity contribution in [1.82, 2.24) is 5.32 Å². The van der Waals surface area contributed by atoms with Crippen LogP contribution in [0.5, 0.6) is 0 Å². The predicted molar refractivity (Wildman–Crippen MR) is 76.6 cm³/mol. The Morgan fingerprint density at radius 3 is 2.44 bits per heavy atom. The van der Waals surface area contributed by atoms with Gasteiger partial charge in [-0.2, -0.15) is 0 Å². The largest absolute Gasteiger partial charge is 0.352 e. The summed E-state index contributed by atoms with van der Waals surface area (Å²) in [7, 11) is 0. The van der Waals surface area contributed by atoms with E-state index in [-0.39, 0.29) is 11.5 Å². The highest BCUT2D eigenvalue weighted by molar-refractivity contribution is 9.09. The van der Waals surface area contributed by atoms with Gasteiger partial charge in [0.05, 0.1) is 5.41 Å². The molecule has 18 heavy (non-hydrogen) atoms. The smallest absolute Gasteiger partial charge is 0.226 e. The van der Waals surface area contributed by atoms with Crippen LogP contribution in [-0.4, -0.2) is 17.3 Å². The summed E-state index contributed by atoms with van der Waals surface area (Å²) >= 11 is 3.45. The first-order valence-electron chi connectivity index (χ1n) is 7.32. The lowest BCUT2D eigenvalue weighted by Crippen LogP contribution is -2.57. The van der Waals surface area contributed by atoms with E-state index in [4.69, 9.17) is 0 Å². The molecule has 0 aliphatic heterocycles. The Morgan fingerprint density at radius 1 is 1.33 bits per heavy atom. The van der Waals surface area contributed by atoms with Gasteiger partial charge in [-0.05, 0) is 62.7 Å². The van der Waals surface area contributed by atoms with Crippen LogP contribution in [0.15, 0.2) is 0 Å². The average molecular weight is 314 g/mol. The molecule has 4 bridgehead atoms. The Labute approximate surface area is 118 Å². The van der Waals surface area contributed by atoms with E-state index in [2.05, 4.69) is 35.1 Å². The summed E-state index contributed by atoms with van der Waals surface area (Å²) in [6.07, 6.45) is 7.56. The molecule has 3 heteroatoms. The van der Waals surface area contributed by atoms with Crippen LogP contribution in [0.25, 0.3) is 0 Å². The summed E-state index contributed by atoms with van der Waals surface area (Å²) in [5.41, 5.74) is 0.439. The van der Waals surface area contributed by atoms with Crippen molar-refractivity contribution in [3.63, 3.8) is 0 Å². The SMILES string of the molecule is CC(CBr)NC(=O)C12CC3CC(CC(C)(C3)C1)C2. The molecule has 4 aliphatic carbocycles. The van der Waals surface area contributed by atoms with Gasteiger partial charge in [0.1, 0.15) is 0 Å². The molecule has 2 nitrogen and oxygen atoms in total. The maximum atomic E-state index is 12.7. The lowest BCUT2D eigenvalue weighted by molar-refractivity contribution is -0.155. The zero-order chi connectivity index (χ0) is 13.0. The molecule has 0 saturated heterocycles. The molecule has 0 radical (unpaired) electrons. The van der Waals surface area contributed by atoms with Crippen molar-refractivity contribution in [1.29, 1.82) is 0 Å². The Bertz CT molecular complexity index is 354. The zero-order valence-electron chi connectivity index (χ0n) is 11.5. The van der Waals surface area contributed by atoms with Crippen LogP contribution in [0.4, 0.5) is 0 Å². The fourth-order valence-corrected chi connectivity index (χ4v) is 5.56. The highest BCUT2D eigenvalue weighted by Gasteiger charge is 2.58. The minimum absolute atomic E-state index is 0.0186. The number of hydrogen-bond acceptors (Lipinski definition) is 1. The topological polar surface area (TPSA) is 29.1 Å². The van der Waals surface area contributed by atoms with Crippen molar-refractivity contribution in [2.24, 2.45) is 22.7 Å². The van der Waals surface area contributed by atoms with Gasteiger partial charge in [-0.3, -0.25) is 4.79 Å². The summed E-state index contributed by atoms with van der Waals surface area (Å²) in [5, 5.41) is 4.06. The Hall–Kier alpha value is -0.0500. The molecule has 4 fully saturated rings. The molecule has 0 aromatic rings. The van der Waals surface area contributed by atoms with E-state index in [1.807, 2.05) is 0 Å².